The molecule has 0 aromatic heterocycles. The van der Waals surface area contributed by atoms with Crippen molar-refractivity contribution >= 4 is 0 Å². The fraction of sp³-hybridized carbons (Fsp3) is 1.00. The van der Waals surface area contributed by atoms with Crippen molar-refractivity contribution in [3.05, 3.63) is 0 Å². The molecule has 1 unspecified atom stereocenters. The lowest BCUT2D eigenvalue weighted by molar-refractivity contribution is -0.0522. The lowest BCUT2D eigenvalue weighted by atomic mass is 9.94. The molecule has 1 heterocycles. The third-order valence-corrected chi connectivity index (χ3v) is 3.96. The Bertz CT molecular complexity index is 269. The number of nitrogens with zero attached hydrogens (tertiary/aromatic N) is 1. The second-order valence-corrected chi connectivity index (χ2v) is 6.97. The fourth-order valence-corrected chi connectivity index (χ4v) is 2.86. The van der Waals surface area contributed by atoms with Crippen molar-refractivity contribution in [3.8, 4) is 0 Å². The first kappa shape index (κ1) is 16.9. The molecule has 114 valence electrons. The van der Waals surface area contributed by atoms with Crippen LogP contribution in [-0.2, 0) is 4.74 Å². The Labute approximate surface area is 118 Å². The number of aliphatic hydroxyl groups excluding tert-OH is 1. The van der Waals surface area contributed by atoms with Crippen LogP contribution in [0.5, 0.6) is 0 Å². The van der Waals surface area contributed by atoms with Crippen molar-refractivity contribution in [2.75, 3.05) is 32.9 Å². The van der Waals surface area contributed by atoms with Crippen molar-refractivity contribution in [2.45, 2.75) is 64.6 Å². The molecule has 0 aliphatic carbocycles. The third kappa shape index (κ3) is 5.38. The summed E-state index contributed by atoms with van der Waals surface area (Å²) in [5.41, 5.74) is -0.0239. The minimum absolute atomic E-state index is 0.138. The minimum Gasteiger partial charge on any atom is -0.394 e. The van der Waals surface area contributed by atoms with E-state index in [0.717, 1.165) is 39.1 Å². The summed E-state index contributed by atoms with van der Waals surface area (Å²) in [4.78, 5) is 2.50. The van der Waals surface area contributed by atoms with Crippen LogP contribution in [-0.4, -0.2) is 60.0 Å². The number of morpholine rings is 1. The standard InChI is InChI=1S/C15H32N2O2/c1-13(2)16-15(5,11-18)7-6-8-17-9-10-19-12-14(17,3)4/h13,16,18H,6-12H2,1-5H3. The number of rotatable bonds is 7. The first-order valence-electron chi connectivity index (χ1n) is 7.50. The first-order chi connectivity index (χ1) is 8.79. The average Bonchev–Trinajstić information content (AvgIpc) is 2.30. The second kappa shape index (κ2) is 7.02. The van der Waals surface area contributed by atoms with Gasteiger partial charge >= 0.3 is 0 Å². The zero-order chi connectivity index (χ0) is 14.5. The Hall–Kier alpha value is -0.160. The molecule has 19 heavy (non-hydrogen) atoms. The average molecular weight is 272 g/mol. The van der Waals surface area contributed by atoms with Gasteiger partial charge in [-0.2, -0.15) is 0 Å². The maximum atomic E-state index is 9.58. The molecular formula is C15H32N2O2. The van der Waals surface area contributed by atoms with Crippen LogP contribution in [0.3, 0.4) is 0 Å². The maximum absolute atomic E-state index is 9.58. The first-order valence-corrected chi connectivity index (χ1v) is 7.50. The van der Waals surface area contributed by atoms with Crippen molar-refractivity contribution in [1.82, 2.24) is 10.2 Å². The zero-order valence-corrected chi connectivity index (χ0v) is 13.3. The Kier molecular flexibility index (Phi) is 6.24. The molecule has 4 nitrogen and oxygen atoms in total. The van der Waals surface area contributed by atoms with Gasteiger partial charge in [0.1, 0.15) is 0 Å². The zero-order valence-electron chi connectivity index (χ0n) is 13.3. The third-order valence-electron chi connectivity index (χ3n) is 3.96. The van der Waals surface area contributed by atoms with Gasteiger partial charge in [-0.05, 0) is 40.2 Å². The van der Waals surface area contributed by atoms with E-state index in [-0.39, 0.29) is 17.7 Å². The van der Waals surface area contributed by atoms with Gasteiger partial charge in [-0.3, -0.25) is 4.90 Å². The van der Waals surface area contributed by atoms with E-state index >= 15 is 0 Å². The largest absolute Gasteiger partial charge is 0.394 e. The van der Waals surface area contributed by atoms with E-state index in [1.807, 2.05) is 0 Å². The molecule has 0 aromatic carbocycles. The van der Waals surface area contributed by atoms with Crippen LogP contribution in [0.1, 0.15) is 47.5 Å². The molecule has 1 fully saturated rings. The van der Waals surface area contributed by atoms with E-state index in [1.54, 1.807) is 0 Å². The van der Waals surface area contributed by atoms with Crippen LogP contribution in [0.15, 0.2) is 0 Å². The Morgan fingerprint density at radius 1 is 1.42 bits per heavy atom. The van der Waals surface area contributed by atoms with Crippen LogP contribution in [0.25, 0.3) is 0 Å². The summed E-state index contributed by atoms with van der Waals surface area (Å²) in [5.74, 6) is 0. The predicted octanol–water partition coefficient (Wildman–Crippen LogP) is 1.63. The van der Waals surface area contributed by atoms with Crippen LogP contribution in [0.2, 0.25) is 0 Å². The molecular weight excluding hydrogens is 240 g/mol. The van der Waals surface area contributed by atoms with E-state index in [0.29, 0.717) is 6.04 Å². The lowest BCUT2D eigenvalue weighted by Gasteiger charge is -2.42. The molecule has 1 aliphatic rings. The number of ether oxygens (including phenoxy) is 1. The highest BCUT2D eigenvalue weighted by Gasteiger charge is 2.31. The number of hydrogen-bond donors (Lipinski definition) is 2. The van der Waals surface area contributed by atoms with Crippen LogP contribution in [0, 0.1) is 0 Å². The van der Waals surface area contributed by atoms with E-state index in [9.17, 15) is 5.11 Å². The highest BCUT2D eigenvalue weighted by molar-refractivity contribution is 4.87. The highest BCUT2D eigenvalue weighted by Crippen LogP contribution is 2.21. The Morgan fingerprint density at radius 2 is 2.11 bits per heavy atom. The quantitative estimate of drug-likeness (QED) is 0.739. The molecule has 1 rings (SSSR count). The van der Waals surface area contributed by atoms with Gasteiger partial charge in [-0.1, -0.05) is 13.8 Å². The fourth-order valence-electron chi connectivity index (χ4n) is 2.86. The molecule has 1 atom stereocenters. The molecule has 2 N–H and O–H groups in total. The molecule has 0 saturated carbocycles. The smallest absolute Gasteiger partial charge is 0.0645 e. The number of nitrogens with one attached hydrogen (secondary N) is 1. The summed E-state index contributed by atoms with van der Waals surface area (Å²) in [5, 5.41) is 13.0. The van der Waals surface area contributed by atoms with Crippen LogP contribution < -0.4 is 5.32 Å². The van der Waals surface area contributed by atoms with Crippen molar-refractivity contribution in [1.29, 1.82) is 0 Å². The van der Waals surface area contributed by atoms with Crippen molar-refractivity contribution < 1.29 is 9.84 Å². The van der Waals surface area contributed by atoms with Gasteiger partial charge in [-0.25, -0.2) is 0 Å². The van der Waals surface area contributed by atoms with E-state index in [2.05, 4.69) is 44.8 Å². The summed E-state index contributed by atoms with van der Waals surface area (Å²) in [6.45, 7) is 14.8. The van der Waals surface area contributed by atoms with Crippen LogP contribution in [0.4, 0.5) is 0 Å². The van der Waals surface area contributed by atoms with Gasteiger partial charge in [0.25, 0.3) is 0 Å². The van der Waals surface area contributed by atoms with E-state index in [1.165, 1.54) is 0 Å². The Balaban J connectivity index is 2.39. The molecule has 4 heteroatoms. The molecule has 0 spiro atoms. The monoisotopic (exact) mass is 272 g/mol. The van der Waals surface area contributed by atoms with Gasteiger partial charge in [-0.15, -0.1) is 0 Å². The molecule has 0 aromatic rings. The molecule has 1 saturated heterocycles. The van der Waals surface area contributed by atoms with Gasteiger partial charge in [0, 0.05) is 23.7 Å². The summed E-state index contributed by atoms with van der Waals surface area (Å²) < 4.78 is 5.54. The van der Waals surface area contributed by atoms with Crippen molar-refractivity contribution in [3.63, 3.8) is 0 Å². The molecule has 0 amide bonds. The molecule has 0 bridgehead atoms. The van der Waals surface area contributed by atoms with Crippen LogP contribution >= 0.6 is 0 Å². The number of aliphatic hydroxyl groups is 1. The van der Waals surface area contributed by atoms with Gasteiger partial charge < -0.3 is 15.2 Å². The topological polar surface area (TPSA) is 44.7 Å². The summed E-state index contributed by atoms with van der Waals surface area (Å²) in [6, 6.07) is 0.400. The van der Waals surface area contributed by atoms with Gasteiger partial charge in [0.05, 0.1) is 19.8 Å². The number of hydrogen-bond acceptors (Lipinski definition) is 4. The summed E-state index contributed by atoms with van der Waals surface area (Å²) >= 11 is 0. The Morgan fingerprint density at radius 3 is 2.63 bits per heavy atom. The highest BCUT2D eigenvalue weighted by atomic mass is 16.5. The minimum atomic E-state index is -0.162. The molecule has 1 aliphatic heterocycles. The normalized spacial score (nSPS) is 23.5. The van der Waals surface area contributed by atoms with Gasteiger partial charge in [0.2, 0.25) is 0 Å². The second-order valence-electron chi connectivity index (χ2n) is 6.97. The predicted molar refractivity (Wildman–Crippen MR) is 79.5 cm³/mol. The maximum Gasteiger partial charge on any atom is 0.0645 e. The van der Waals surface area contributed by atoms with E-state index in [4.69, 9.17) is 4.74 Å². The summed E-state index contributed by atoms with van der Waals surface area (Å²) in [6.07, 6.45) is 2.09. The van der Waals surface area contributed by atoms with Gasteiger partial charge in [0.15, 0.2) is 0 Å². The lowest BCUT2D eigenvalue weighted by Crippen LogP contribution is -2.54. The van der Waals surface area contributed by atoms with Crippen molar-refractivity contribution in [2.24, 2.45) is 0 Å². The molecule has 0 radical (unpaired) electrons. The summed E-state index contributed by atoms with van der Waals surface area (Å²) in [7, 11) is 0. The van der Waals surface area contributed by atoms with E-state index < -0.39 is 0 Å². The SMILES string of the molecule is CC(C)NC(C)(CO)CCCN1CCOCC1(C)C.